The quantitative estimate of drug-likeness (QED) is 0.826. The molecule has 0 spiro atoms. The third-order valence-corrected chi connectivity index (χ3v) is 2.50. The van der Waals surface area contributed by atoms with E-state index in [0.29, 0.717) is 11.5 Å². The van der Waals surface area contributed by atoms with Crippen LogP contribution < -0.4 is 4.74 Å². The molecule has 0 bridgehead atoms. The van der Waals surface area contributed by atoms with Crippen LogP contribution in [0.4, 0.5) is 0 Å². The summed E-state index contributed by atoms with van der Waals surface area (Å²) in [5.41, 5.74) is 2.11. The monoisotopic (exact) mass is 239 g/mol. The lowest BCUT2D eigenvalue weighted by molar-refractivity contribution is 0.468. The van der Waals surface area contributed by atoms with Crippen molar-refractivity contribution in [3.8, 4) is 17.6 Å². The Hall–Kier alpha value is -2.41. The lowest BCUT2D eigenvalue weighted by Crippen LogP contribution is -1.97. The zero-order valence-electron chi connectivity index (χ0n) is 10.3. The fourth-order valence-electron chi connectivity index (χ4n) is 1.62. The number of rotatable bonds is 3. The molecule has 0 amide bonds. The minimum absolute atomic E-state index is 0.278. The average molecular weight is 239 g/mol. The van der Waals surface area contributed by atoms with Gasteiger partial charge >= 0.3 is 0 Å². The van der Waals surface area contributed by atoms with Crippen LogP contribution in [0.15, 0.2) is 30.5 Å². The van der Waals surface area contributed by atoms with Gasteiger partial charge in [0.2, 0.25) is 0 Å². The average Bonchev–Trinajstić information content (AvgIpc) is 2.41. The first-order chi connectivity index (χ1) is 8.74. The second-order valence-corrected chi connectivity index (χ2v) is 3.82. The van der Waals surface area contributed by atoms with Crippen LogP contribution in [0.5, 0.6) is 11.5 Å². The highest BCUT2D eigenvalue weighted by molar-refractivity contribution is 5.41. The van der Waals surface area contributed by atoms with E-state index in [1.807, 2.05) is 32.0 Å². The molecule has 0 atom stereocenters. The van der Waals surface area contributed by atoms with Crippen LogP contribution in [0.3, 0.4) is 0 Å². The molecule has 0 aliphatic rings. The van der Waals surface area contributed by atoms with E-state index in [4.69, 9.17) is 10.00 Å². The summed E-state index contributed by atoms with van der Waals surface area (Å²) >= 11 is 0. The van der Waals surface area contributed by atoms with Gasteiger partial charge in [-0.3, -0.25) is 4.98 Å². The molecule has 0 aliphatic heterocycles. The van der Waals surface area contributed by atoms with Crippen LogP contribution in [0.1, 0.15) is 24.0 Å². The van der Waals surface area contributed by atoms with Crippen LogP contribution >= 0.6 is 0 Å². The number of hydrogen-bond acceptors (Lipinski definition) is 4. The molecular weight excluding hydrogens is 226 g/mol. The summed E-state index contributed by atoms with van der Waals surface area (Å²) in [7, 11) is 0. The summed E-state index contributed by atoms with van der Waals surface area (Å²) in [6.45, 7) is 3.96. The van der Waals surface area contributed by atoms with E-state index in [-0.39, 0.29) is 5.69 Å². The number of hydrogen-bond donors (Lipinski definition) is 0. The Morgan fingerprint density at radius 2 is 2.11 bits per heavy atom. The van der Waals surface area contributed by atoms with E-state index in [1.165, 1.54) is 0 Å². The summed E-state index contributed by atoms with van der Waals surface area (Å²) in [4.78, 5) is 8.37. The molecule has 0 saturated heterocycles. The molecule has 2 aromatic rings. The molecule has 0 unspecified atom stereocenters. The fraction of sp³-hybridized carbons (Fsp3) is 0.214. The topological polar surface area (TPSA) is 58.8 Å². The van der Waals surface area contributed by atoms with Gasteiger partial charge in [0.05, 0.1) is 5.69 Å². The molecule has 4 nitrogen and oxygen atoms in total. The lowest BCUT2D eigenvalue weighted by Gasteiger charge is -2.10. The van der Waals surface area contributed by atoms with E-state index >= 15 is 0 Å². The largest absolute Gasteiger partial charge is 0.452 e. The van der Waals surface area contributed by atoms with E-state index in [1.54, 1.807) is 18.3 Å². The molecule has 90 valence electrons. The van der Waals surface area contributed by atoms with Crippen LogP contribution in [0.25, 0.3) is 0 Å². The number of ether oxygens (including phenoxy) is 1. The van der Waals surface area contributed by atoms with Crippen LogP contribution in [-0.2, 0) is 6.42 Å². The van der Waals surface area contributed by atoms with Gasteiger partial charge in [-0.2, -0.15) is 5.26 Å². The van der Waals surface area contributed by atoms with E-state index in [9.17, 15) is 0 Å². The van der Waals surface area contributed by atoms with E-state index < -0.39 is 0 Å². The Morgan fingerprint density at radius 1 is 1.28 bits per heavy atom. The van der Waals surface area contributed by atoms with Gasteiger partial charge in [-0.1, -0.05) is 6.92 Å². The van der Waals surface area contributed by atoms with Gasteiger partial charge in [-0.15, -0.1) is 0 Å². The minimum atomic E-state index is 0.278. The SMILES string of the molecule is CCc1nc(C)ccc1Oc1cccnc1C#N. The van der Waals surface area contributed by atoms with Gasteiger partial charge in [0.25, 0.3) is 0 Å². The van der Waals surface area contributed by atoms with Gasteiger partial charge in [0, 0.05) is 11.9 Å². The second-order valence-electron chi connectivity index (χ2n) is 3.82. The zero-order chi connectivity index (χ0) is 13.0. The van der Waals surface area contributed by atoms with Crippen molar-refractivity contribution in [1.82, 2.24) is 9.97 Å². The lowest BCUT2D eigenvalue weighted by atomic mass is 10.2. The number of nitrogens with zero attached hydrogens (tertiary/aromatic N) is 3. The predicted octanol–water partition coefficient (Wildman–Crippen LogP) is 3.01. The Morgan fingerprint density at radius 3 is 2.83 bits per heavy atom. The first kappa shape index (κ1) is 12.1. The molecule has 0 radical (unpaired) electrons. The molecule has 0 aromatic carbocycles. The summed E-state index contributed by atoms with van der Waals surface area (Å²) < 4.78 is 5.73. The van der Waals surface area contributed by atoms with Gasteiger partial charge in [0.1, 0.15) is 11.8 Å². The van der Waals surface area contributed by atoms with E-state index in [2.05, 4.69) is 9.97 Å². The molecular formula is C14H13N3O. The summed E-state index contributed by atoms with van der Waals surface area (Å²) in [5.74, 6) is 1.13. The standard InChI is InChI=1S/C14H13N3O/c1-3-11-14(7-6-10(2)17-11)18-13-5-4-8-16-12(13)9-15/h4-8H,3H2,1-2H3. The summed E-state index contributed by atoms with van der Waals surface area (Å²) in [6.07, 6.45) is 2.35. The molecule has 4 heteroatoms. The third kappa shape index (κ3) is 2.46. The van der Waals surface area contributed by atoms with Gasteiger partial charge in [-0.25, -0.2) is 4.98 Å². The highest BCUT2D eigenvalue weighted by Crippen LogP contribution is 2.26. The Balaban J connectivity index is 2.37. The maximum atomic E-state index is 8.96. The molecule has 2 heterocycles. The summed E-state index contributed by atoms with van der Waals surface area (Å²) in [5, 5.41) is 8.96. The van der Waals surface area contributed by atoms with Crippen molar-refractivity contribution < 1.29 is 4.74 Å². The zero-order valence-corrected chi connectivity index (χ0v) is 10.3. The first-order valence-electron chi connectivity index (χ1n) is 5.74. The van der Waals surface area contributed by atoms with Crippen LogP contribution in [0, 0.1) is 18.3 Å². The highest BCUT2D eigenvalue weighted by atomic mass is 16.5. The molecule has 0 N–H and O–H groups in total. The van der Waals surface area contributed by atoms with Crippen molar-refractivity contribution in [3.05, 3.63) is 47.5 Å². The second kappa shape index (κ2) is 5.28. The Kier molecular flexibility index (Phi) is 3.54. The highest BCUT2D eigenvalue weighted by Gasteiger charge is 2.09. The summed E-state index contributed by atoms with van der Waals surface area (Å²) in [6, 6.07) is 9.23. The number of pyridine rings is 2. The maximum absolute atomic E-state index is 8.96. The van der Waals surface area contributed by atoms with Crippen molar-refractivity contribution >= 4 is 0 Å². The third-order valence-electron chi connectivity index (χ3n) is 2.50. The molecule has 0 saturated carbocycles. The van der Waals surface area contributed by atoms with Crippen molar-refractivity contribution in [3.63, 3.8) is 0 Å². The molecule has 0 fully saturated rings. The van der Waals surface area contributed by atoms with Crippen molar-refractivity contribution in [2.45, 2.75) is 20.3 Å². The number of nitriles is 1. The van der Waals surface area contributed by atoms with Gasteiger partial charge in [0.15, 0.2) is 11.4 Å². The van der Waals surface area contributed by atoms with Crippen molar-refractivity contribution in [1.29, 1.82) is 5.26 Å². The van der Waals surface area contributed by atoms with Crippen molar-refractivity contribution in [2.24, 2.45) is 0 Å². The Labute approximate surface area is 106 Å². The van der Waals surface area contributed by atoms with Gasteiger partial charge < -0.3 is 4.74 Å². The van der Waals surface area contributed by atoms with Gasteiger partial charge in [-0.05, 0) is 37.6 Å². The fourth-order valence-corrected chi connectivity index (χ4v) is 1.62. The number of aromatic nitrogens is 2. The molecule has 18 heavy (non-hydrogen) atoms. The molecule has 0 aliphatic carbocycles. The minimum Gasteiger partial charge on any atom is -0.452 e. The smallest absolute Gasteiger partial charge is 0.183 e. The Bertz CT molecular complexity index is 602. The predicted molar refractivity (Wildman–Crippen MR) is 67.4 cm³/mol. The molecule has 2 aromatic heterocycles. The van der Waals surface area contributed by atoms with Crippen LogP contribution in [0.2, 0.25) is 0 Å². The maximum Gasteiger partial charge on any atom is 0.183 e. The number of aryl methyl sites for hydroxylation is 2. The molecule has 2 rings (SSSR count). The normalized spacial score (nSPS) is 9.83. The van der Waals surface area contributed by atoms with Crippen molar-refractivity contribution in [2.75, 3.05) is 0 Å². The van der Waals surface area contributed by atoms with E-state index in [0.717, 1.165) is 17.8 Å². The van der Waals surface area contributed by atoms with Crippen LogP contribution in [-0.4, -0.2) is 9.97 Å². The first-order valence-corrected chi connectivity index (χ1v) is 5.74.